The highest BCUT2D eigenvalue weighted by atomic mass is 16.5. The summed E-state index contributed by atoms with van der Waals surface area (Å²) in [6.07, 6.45) is 6.18. The Morgan fingerprint density at radius 2 is 2.21 bits per heavy atom. The maximum absolute atomic E-state index is 5.89. The minimum atomic E-state index is 0.377. The van der Waals surface area contributed by atoms with Crippen molar-refractivity contribution in [1.29, 1.82) is 0 Å². The van der Waals surface area contributed by atoms with E-state index in [1.54, 1.807) is 0 Å². The molecule has 4 nitrogen and oxygen atoms in total. The summed E-state index contributed by atoms with van der Waals surface area (Å²) in [4.78, 5) is 4.37. The second kappa shape index (κ2) is 4.10. The molecule has 0 radical (unpaired) electrons. The van der Waals surface area contributed by atoms with Gasteiger partial charge in [0.1, 0.15) is 0 Å². The van der Waals surface area contributed by atoms with Gasteiger partial charge in [0.2, 0.25) is 0 Å². The highest BCUT2D eigenvalue weighted by molar-refractivity contribution is 5.92. The van der Waals surface area contributed by atoms with Gasteiger partial charge in [-0.05, 0) is 43.5 Å². The minimum Gasteiger partial charge on any atom is -0.399 e. The predicted octanol–water partition coefficient (Wildman–Crippen LogP) is 2.55. The highest BCUT2D eigenvalue weighted by Crippen LogP contribution is 2.36. The normalized spacial score (nSPS) is 28.9. The van der Waals surface area contributed by atoms with Crippen LogP contribution in [0, 0.1) is 0 Å². The molecule has 3 heterocycles. The maximum Gasteiger partial charge on any atom is 0.0781 e. The van der Waals surface area contributed by atoms with E-state index in [9.17, 15) is 0 Å². The van der Waals surface area contributed by atoms with Crippen LogP contribution < -0.4 is 11.1 Å². The molecule has 2 aliphatic rings. The van der Waals surface area contributed by atoms with Gasteiger partial charge in [0.15, 0.2) is 0 Å². The number of nitrogens with zero attached hydrogens (tertiary/aromatic N) is 1. The van der Waals surface area contributed by atoms with Crippen molar-refractivity contribution in [3.63, 3.8) is 0 Å². The Kier molecular flexibility index (Phi) is 2.38. The van der Waals surface area contributed by atoms with Crippen molar-refractivity contribution in [2.24, 2.45) is 0 Å². The van der Waals surface area contributed by atoms with E-state index in [4.69, 9.17) is 10.5 Å². The number of aromatic nitrogens is 1. The fraction of sp³-hybridized carbons (Fsp3) is 0.400. The molecule has 4 heteroatoms. The van der Waals surface area contributed by atoms with Gasteiger partial charge in [-0.15, -0.1) is 0 Å². The molecule has 0 aliphatic carbocycles. The lowest BCUT2D eigenvalue weighted by atomic mass is 9.95. The lowest BCUT2D eigenvalue weighted by Gasteiger charge is -2.22. The monoisotopic (exact) mass is 255 g/mol. The predicted molar refractivity (Wildman–Crippen MR) is 76.1 cm³/mol. The van der Waals surface area contributed by atoms with Crippen LogP contribution in [0.2, 0.25) is 0 Å². The van der Waals surface area contributed by atoms with E-state index in [1.807, 2.05) is 30.5 Å². The Balaban J connectivity index is 1.67. The number of rotatable bonds is 2. The van der Waals surface area contributed by atoms with Crippen LogP contribution in [0.25, 0.3) is 10.9 Å². The molecule has 3 atom stereocenters. The Labute approximate surface area is 112 Å². The quantitative estimate of drug-likeness (QED) is 0.810. The molecule has 2 bridgehead atoms. The zero-order valence-electron chi connectivity index (χ0n) is 10.7. The summed E-state index contributed by atoms with van der Waals surface area (Å²) in [6.45, 7) is 0. The minimum absolute atomic E-state index is 0.377. The van der Waals surface area contributed by atoms with E-state index in [2.05, 4.69) is 10.3 Å². The van der Waals surface area contributed by atoms with Crippen LogP contribution in [0.15, 0.2) is 30.5 Å². The topological polar surface area (TPSA) is 60.2 Å². The average Bonchev–Trinajstić information content (AvgIpc) is 3.01. The Bertz CT molecular complexity index is 628. The average molecular weight is 255 g/mol. The van der Waals surface area contributed by atoms with Gasteiger partial charge in [-0.2, -0.15) is 0 Å². The molecular weight excluding hydrogens is 238 g/mol. The van der Waals surface area contributed by atoms with E-state index in [-0.39, 0.29) is 0 Å². The summed E-state index contributed by atoms with van der Waals surface area (Å²) in [5.41, 5.74) is 8.63. The van der Waals surface area contributed by atoms with E-state index < -0.39 is 0 Å². The van der Waals surface area contributed by atoms with E-state index in [1.165, 1.54) is 12.8 Å². The van der Waals surface area contributed by atoms with Crippen molar-refractivity contribution < 1.29 is 4.74 Å². The SMILES string of the molecule is Nc1ccc2c(NC3CC4CCC3O4)ccnc2c1. The second-order valence-electron chi connectivity index (χ2n) is 5.50. The van der Waals surface area contributed by atoms with Gasteiger partial charge >= 0.3 is 0 Å². The molecule has 1 aromatic carbocycles. The zero-order chi connectivity index (χ0) is 12.8. The second-order valence-corrected chi connectivity index (χ2v) is 5.50. The van der Waals surface area contributed by atoms with Crippen molar-refractivity contribution in [3.8, 4) is 0 Å². The molecule has 3 unspecified atom stereocenters. The first-order valence-electron chi connectivity index (χ1n) is 6.86. The number of nitrogens with two attached hydrogens (primary N) is 1. The number of pyridine rings is 1. The molecule has 2 saturated heterocycles. The Hall–Kier alpha value is -1.81. The number of fused-ring (bicyclic) bond motifs is 3. The summed E-state index contributed by atoms with van der Waals surface area (Å²) in [5, 5.41) is 4.75. The molecule has 0 amide bonds. The lowest BCUT2D eigenvalue weighted by Crippen LogP contribution is -2.30. The molecule has 0 spiro atoms. The molecule has 4 rings (SSSR count). The summed E-state index contributed by atoms with van der Waals surface area (Å²) in [5.74, 6) is 0. The van der Waals surface area contributed by atoms with Gasteiger partial charge in [0.05, 0.1) is 23.8 Å². The maximum atomic E-state index is 5.89. The molecule has 19 heavy (non-hydrogen) atoms. The first kappa shape index (κ1) is 11.1. The van der Waals surface area contributed by atoms with Crippen LogP contribution in [0.1, 0.15) is 19.3 Å². The summed E-state index contributed by atoms with van der Waals surface area (Å²) in [7, 11) is 0. The fourth-order valence-electron chi connectivity index (χ4n) is 3.28. The third-order valence-electron chi connectivity index (χ3n) is 4.21. The molecule has 3 N–H and O–H groups in total. The van der Waals surface area contributed by atoms with Gasteiger partial charge in [-0.3, -0.25) is 4.98 Å². The number of ether oxygens (including phenoxy) is 1. The lowest BCUT2D eigenvalue weighted by molar-refractivity contribution is 0.102. The number of nitrogen functional groups attached to an aromatic ring is 1. The molecule has 98 valence electrons. The third kappa shape index (κ3) is 1.83. The smallest absolute Gasteiger partial charge is 0.0781 e. The van der Waals surface area contributed by atoms with Crippen molar-refractivity contribution in [3.05, 3.63) is 30.5 Å². The molecule has 1 aromatic heterocycles. The third-order valence-corrected chi connectivity index (χ3v) is 4.21. The largest absolute Gasteiger partial charge is 0.399 e. The van der Waals surface area contributed by atoms with Crippen molar-refractivity contribution in [2.45, 2.75) is 37.5 Å². The summed E-state index contributed by atoms with van der Waals surface area (Å²) in [6, 6.07) is 8.34. The zero-order valence-corrected chi connectivity index (χ0v) is 10.7. The van der Waals surface area contributed by atoms with Crippen LogP contribution in [-0.2, 0) is 4.74 Å². The number of benzene rings is 1. The standard InChI is InChI=1S/C15H17N3O/c16-9-1-3-11-12(5-6-17-13(11)7-9)18-14-8-10-2-4-15(14)19-10/h1,3,5-7,10,14-15H,2,4,8,16H2,(H,17,18). The van der Waals surface area contributed by atoms with Crippen LogP contribution in [-0.4, -0.2) is 23.2 Å². The number of anilines is 2. The van der Waals surface area contributed by atoms with Crippen molar-refractivity contribution in [1.82, 2.24) is 4.98 Å². The van der Waals surface area contributed by atoms with Crippen LogP contribution in [0.5, 0.6) is 0 Å². The first-order valence-corrected chi connectivity index (χ1v) is 6.86. The van der Waals surface area contributed by atoms with Gasteiger partial charge in [0, 0.05) is 23.0 Å². The summed E-state index contributed by atoms with van der Waals surface area (Å²) < 4.78 is 5.89. The molecule has 2 aromatic rings. The molecule has 0 saturated carbocycles. The van der Waals surface area contributed by atoms with Gasteiger partial charge in [-0.25, -0.2) is 0 Å². The van der Waals surface area contributed by atoms with Gasteiger partial charge in [-0.1, -0.05) is 0 Å². The molecule has 2 fully saturated rings. The highest BCUT2D eigenvalue weighted by Gasteiger charge is 2.40. The van der Waals surface area contributed by atoms with E-state index in [0.717, 1.165) is 28.7 Å². The van der Waals surface area contributed by atoms with Crippen molar-refractivity contribution >= 4 is 22.3 Å². The van der Waals surface area contributed by atoms with Crippen molar-refractivity contribution in [2.75, 3.05) is 11.1 Å². The fourth-order valence-corrected chi connectivity index (χ4v) is 3.28. The van der Waals surface area contributed by atoms with E-state index in [0.29, 0.717) is 18.2 Å². The summed E-state index contributed by atoms with van der Waals surface area (Å²) >= 11 is 0. The molecular formula is C15H17N3O. The Morgan fingerprint density at radius 1 is 1.26 bits per heavy atom. The number of hydrogen-bond acceptors (Lipinski definition) is 4. The van der Waals surface area contributed by atoms with Gasteiger partial charge < -0.3 is 15.8 Å². The first-order chi connectivity index (χ1) is 9.29. The van der Waals surface area contributed by atoms with Crippen LogP contribution >= 0.6 is 0 Å². The van der Waals surface area contributed by atoms with Crippen LogP contribution in [0.4, 0.5) is 11.4 Å². The van der Waals surface area contributed by atoms with Gasteiger partial charge in [0.25, 0.3) is 0 Å². The molecule has 2 aliphatic heterocycles. The Morgan fingerprint density at radius 3 is 3.00 bits per heavy atom. The van der Waals surface area contributed by atoms with E-state index >= 15 is 0 Å². The number of nitrogens with one attached hydrogen (secondary N) is 1. The number of hydrogen-bond donors (Lipinski definition) is 2. The van der Waals surface area contributed by atoms with Crippen LogP contribution in [0.3, 0.4) is 0 Å².